The Morgan fingerprint density at radius 3 is 2.88 bits per heavy atom. The largest absolute Gasteiger partial charge is 0.632 e. The summed E-state index contributed by atoms with van der Waals surface area (Å²) in [5.41, 5.74) is 0. The zero-order chi connectivity index (χ0) is 18.8. The highest BCUT2D eigenvalue weighted by atomic mass is 32.1. The van der Waals surface area contributed by atoms with Gasteiger partial charge in [0.05, 0.1) is 19.2 Å². The van der Waals surface area contributed by atoms with E-state index in [1.807, 2.05) is 11.4 Å². The molecular weight excluding hydrogens is 352 g/mol. The Labute approximate surface area is 160 Å². The predicted octanol–water partition coefficient (Wildman–Crippen LogP) is 3.10. The lowest BCUT2D eigenvalue weighted by atomic mass is 10.0. The van der Waals surface area contributed by atoms with Crippen molar-refractivity contribution < 1.29 is 19.7 Å². The van der Waals surface area contributed by atoms with Gasteiger partial charge in [0.25, 0.3) is 0 Å². The third kappa shape index (κ3) is 7.32. The molecule has 0 radical (unpaired) electrons. The van der Waals surface area contributed by atoms with Gasteiger partial charge in [0.15, 0.2) is 0 Å². The summed E-state index contributed by atoms with van der Waals surface area (Å²) < 4.78 is -0.245. The molecule has 0 aliphatic carbocycles. The van der Waals surface area contributed by atoms with Gasteiger partial charge < -0.3 is 20.1 Å². The number of aryl methyl sites for hydroxylation is 1. The number of aliphatic hydroxyl groups excluding tert-OH is 1. The molecule has 1 aliphatic rings. The van der Waals surface area contributed by atoms with Crippen LogP contribution in [-0.2, 0) is 11.2 Å². The number of unbranched alkanes of at least 4 members (excludes halogenated alkanes) is 3. The van der Waals surface area contributed by atoms with Gasteiger partial charge >= 0.3 is 5.97 Å². The number of aliphatic hydroxyl groups is 1. The maximum absolute atomic E-state index is 13.1. The van der Waals surface area contributed by atoms with E-state index in [1.165, 1.54) is 4.88 Å². The number of thiophene rings is 1. The summed E-state index contributed by atoms with van der Waals surface area (Å²) in [4.78, 5) is 11.8. The number of nitrogens with zero attached hydrogens (tertiary/aromatic N) is 1. The van der Waals surface area contributed by atoms with Crippen molar-refractivity contribution in [1.82, 2.24) is 5.32 Å². The fraction of sp³-hybridized carbons (Fsp3) is 0.737. The van der Waals surface area contributed by atoms with E-state index in [0.717, 1.165) is 38.6 Å². The number of carboxylic acids is 1. The molecule has 2 rings (SSSR count). The molecule has 6 nitrogen and oxygen atoms in total. The van der Waals surface area contributed by atoms with Crippen LogP contribution in [0.1, 0.15) is 56.2 Å². The second kappa shape index (κ2) is 11.0. The third-order valence-electron chi connectivity index (χ3n) is 5.25. The van der Waals surface area contributed by atoms with E-state index >= 15 is 0 Å². The topological polar surface area (TPSA) is 92.6 Å². The minimum Gasteiger partial charge on any atom is -0.632 e. The molecule has 26 heavy (non-hydrogen) atoms. The number of hydroxylamine groups is 3. The van der Waals surface area contributed by atoms with Crippen LogP contribution in [0.25, 0.3) is 0 Å². The van der Waals surface area contributed by atoms with Crippen LogP contribution in [0.15, 0.2) is 17.5 Å². The molecule has 148 valence electrons. The third-order valence-corrected chi connectivity index (χ3v) is 6.18. The molecule has 1 fully saturated rings. The molecule has 1 aromatic rings. The lowest BCUT2D eigenvalue weighted by Gasteiger charge is -2.44. The molecule has 0 spiro atoms. The summed E-state index contributed by atoms with van der Waals surface area (Å²) in [6, 6.07) is 4.15. The Morgan fingerprint density at radius 2 is 2.15 bits per heavy atom. The smallest absolute Gasteiger partial charge is 0.303 e. The number of carbonyl (C=O) groups is 1. The predicted molar refractivity (Wildman–Crippen MR) is 104 cm³/mol. The zero-order valence-corrected chi connectivity index (χ0v) is 16.3. The maximum Gasteiger partial charge on any atom is 0.303 e. The summed E-state index contributed by atoms with van der Waals surface area (Å²) in [5, 5.41) is 37.2. The molecule has 3 N–H and O–H groups in total. The molecule has 1 aromatic heterocycles. The Hall–Kier alpha value is -0.990. The van der Waals surface area contributed by atoms with Crippen LogP contribution in [0.4, 0.5) is 0 Å². The Morgan fingerprint density at radius 1 is 1.35 bits per heavy atom. The van der Waals surface area contributed by atoms with Gasteiger partial charge in [-0.2, -0.15) is 0 Å². The second-order valence-corrected chi connectivity index (χ2v) is 8.38. The summed E-state index contributed by atoms with van der Waals surface area (Å²) in [5.74, 6) is -0.738. The number of hydrogen-bond donors (Lipinski definition) is 3. The van der Waals surface area contributed by atoms with Gasteiger partial charge in [0, 0.05) is 24.1 Å². The molecular formula is C19H32N2O4S. The van der Waals surface area contributed by atoms with Gasteiger partial charge in [-0.15, -0.1) is 11.3 Å². The lowest BCUT2D eigenvalue weighted by molar-refractivity contribution is -0.893. The van der Waals surface area contributed by atoms with Crippen LogP contribution in [0.5, 0.6) is 0 Å². The number of quaternary nitrogens is 1. The fourth-order valence-corrected chi connectivity index (χ4v) is 4.32. The van der Waals surface area contributed by atoms with E-state index in [0.29, 0.717) is 32.5 Å². The standard InChI is InChI=1S/C19H32N2O4S/c22-17(9-10-18-7-5-13-26-18)11-12-21(25)15-20-14-16(21)6-3-1-2-4-8-19(23)24/h5,7,13,16-17,20,22H,1-4,6,8-12,14-15H2,(H,23,24). The summed E-state index contributed by atoms with van der Waals surface area (Å²) >= 11 is 1.70. The Bertz CT molecular complexity index is 526. The Kier molecular flexibility index (Phi) is 9.01. The number of nitrogens with one attached hydrogen (secondary N) is 1. The first kappa shape index (κ1) is 21.3. The molecule has 1 saturated heterocycles. The highest BCUT2D eigenvalue weighted by molar-refractivity contribution is 7.09. The van der Waals surface area contributed by atoms with Crippen molar-refractivity contribution in [2.45, 2.75) is 69.9 Å². The summed E-state index contributed by atoms with van der Waals surface area (Å²) in [6.45, 7) is 1.63. The molecule has 2 heterocycles. The highest BCUT2D eigenvalue weighted by Crippen LogP contribution is 2.23. The van der Waals surface area contributed by atoms with Gasteiger partial charge in [-0.1, -0.05) is 18.9 Å². The van der Waals surface area contributed by atoms with E-state index in [1.54, 1.807) is 11.3 Å². The van der Waals surface area contributed by atoms with E-state index in [2.05, 4.69) is 11.4 Å². The minimum absolute atomic E-state index is 0.0546. The van der Waals surface area contributed by atoms with Crippen LogP contribution in [0, 0.1) is 5.21 Å². The number of carboxylic acid groups (broad SMARTS) is 1. The van der Waals surface area contributed by atoms with Crippen LogP contribution in [-0.4, -0.2) is 52.7 Å². The molecule has 0 amide bonds. The van der Waals surface area contributed by atoms with Crippen molar-refractivity contribution in [2.75, 3.05) is 19.8 Å². The van der Waals surface area contributed by atoms with E-state index in [9.17, 15) is 15.1 Å². The van der Waals surface area contributed by atoms with Gasteiger partial charge in [-0.3, -0.25) is 10.1 Å². The minimum atomic E-state index is -0.738. The normalized spacial score (nSPS) is 24.0. The first-order valence-corrected chi connectivity index (χ1v) is 10.6. The summed E-state index contributed by atoms with van der Waals surface area (Å²) in [6.07, 6.45) is 6.38. The monoisotopic (exact) mass is 384 g/mol. The molecule has 0 saturated carbocycles. The van der Waals surface area contributed by atoms with Crippen molar-refractivity contribution >= 4 is 17.3 Å². The number of aliphatic carboxylic acids is 1. The van der Waals surface area contributed by atoms with Crippen LogP contribution in [0.3, 0.4) is 0 Å². The zero-order valence-electron chi connectivity index (χ0n) is 15.4. The number of rotatable bonds is 13. The van der Waals surface area contributed by atoms with Crippen molar-refractivity contribution in [3.8, 4) is 0 Å². The fourth-order valence-electron chi connectivity index (χ4n) is 3.60. The van der Waals surface area contributed by atoms with Crippen molar-refractivity contribution in [3.05, 3.63) is 27.6 Å². The van der Waals surface area contributed by atoms with Gasteiger partial charge in [0.1, 0.15) is 12.7 Å². The van der Waals surface area contributed by atoms with Crippen molar-refractivity contribution in [2.24, 2.45) is 0 Å². The summed E-state index contributed by atoms with van der Waals surface area (Å²) in [7, 11) is 0. The molecule has 3 atom stereocenters. The Balaban J connectivity index is 1.63. The maximum atomic E-state index is 13.1. The molecule has 0 aromatic carbocycles. The SMILES string of the molecule is O=C(O)CCCCCCC1CNC[N+]1([O-])CCC(O)CCc1cccs1. The van der Waals surface area contributed by atoms with Gasteiger partial charge in [0.2, 0.25) is 0 Å². The van der Waals surface area contributed by atoms with E-state index < -0.39 is 12.1 Å². The highest BCUT2D eigenvalue weighted by Gasteiger charge is 2.33. The quantitative estimate of drug-likeness (QED) is 0.276. The number of hydrogen-bond acceptors (Lipinski definition) is 5. The van der Waals surface area contributed by atoms with E-state index in [-0.39, 0.29) is 17.1 Å². The van der Waals surface area contributed by atoms with Crippen LogP contribution in [0.2, 0.25) is 0 Å². The van der Waals surface area contributed by atoms with Gasteiger partial charge in [-0.25, -0.2) is 0 Å². The molecule has 7 heteroatoms. The molecule has 0 bridgehead atoms. The first-order chi connectivity index (χ1) is 12.5. The second-order valence-electron chi connectivity index (χ2n) is 7.35. The van der Waals surface area contributed by atoms with Crippen LogP contribution < -0.4 is 5.32 Å². The first-order valence-electron chi connectivity index (χ1n) is 9.70. The van der Waals surface area contributed by atoms with Crippen molar-refractivity contribution in [3.63, 3.8) is 0 Å². The van der Waals surface area contributed by atoms with Crippen LogP contribution >= 0.6 is 11.3 Å². The lowest BCUT2D eigenvalue weighted by Crippen LogP contribution is -2.49. The average molecular weight is 385 g/mol. The molecule has 1 aliphatic heterocycles. The van der Waals surface area contributed by atoms with Gasteiger partial charge in [-0.05, 0) is 37.1 Å². The molecule has 3 unspecified atom stereocenters. The van der Waals surface area contributed by atoms with E-state index in [4.69, 9.17) is 5.11 Å². The van der Waals surface area contributed by atoms with Crippen molar-refractivity contribution in [1.29, 1.82) is 0 Å². The average Bonchev–Trinajstić information content (AvgIpc) is 3.24.